The van der Waals surface area contributed by atoms with E-state index in [9.17, 15) is 4.79 Å². The molecule has 4 heteroatoms. The number of benzene rings is 1. The molecule has 0 unspecified atom stereocenters. The molecule has 0 atom stereocenters. The second-order valence-electron chi connectivity index (χ2n) is 4.79. The van der Waals surface area contributed by atoms with Crippen molar-refractivity contribution in [1.82, 2.24) is 4.98 Å². The Labute approximate surface area is 128 Å². The number of ketones is 1. The molecule has 2 heterocycles. The summed E-state index contributed by atoms with van der Waals surface area (Å²) in [5, 5.41) is 0.458. The fourth-order valence-corrected chi connectivity index (χ4v) is 2.45. The number of halogens is 1. The zero-order chi connectivity index (χ0) is 14.7. The highest BCUT2D eigenvalue weighted by atomic mass is 35.5. The maximum Gasteiger partial charge on any atom is 0.170 e. The summed E-state index contributed by atoms with van der Waals surface area (Å²) in [5.41, 5.74) is 3.38. The maximum absolute atomic E-state index is 12.3. The van der Waals surface area contributed by atoms with Crippen LogP contribution in [0.25, 0.3) is 5.57 Å². The standard InChI is InChI=1S/C17H13ClN2O/c18-16-7-6-12(11-20-16)10-14-17(15(21)8-9-19-14)13-4-2-1-3-5-13/h1-7,9,11H,8,10H2. The summed E-state index contributed by atoms with van der Waals surface area (Å²) in [7, 11) is 0. The Morgan fingerprint density at radius 2 is 1.90 bits per heavy atom. The largest absolute Gasteiger partial charge is 0.294 e. The highest BCUT2D eigenvalue weighted by Gasteiger charge is 2.19. The van der Waals surface area contributed by atoms with Crippen molar-refractivity contribution in [3.8, 4) is 0 Å². The Morgan fingerprint density at radius 3 is 2.62 bits per heavy atom. The van der Waals surface area contributed by atoms with Gasteiger partial charge in [0.05, 0.1) is 5.70 Å². The van der Waals surface area contributed by atoms with E-state index in [2.05, 4.69) is 9.98 Å². The Kier molecular flexibility index (Phi) is 3.93. The molecule has 0 N–H and O–H groups in total. The van der Waals surface area contributed by atoms with Gasteiger partial charge in [0, 0.05) is 30.8 Å². The predicted octanol–water partition coefficient (Wildman–Crippen LogP) is 3.73. The van der Waals surface area contributed by atoms with Crippen molar-refractivity contribution < 1.29 is 4.79 Å². The van der Waals surface area contributed by atoms with Gasteiger partial charge in [-0.15, -0.1) is 0 Å². The molecule has 0 fully saturated rings. The van der Waals surface area contributed by atoms with E-state index in [-0.39, 0.29) is 5.78 Å². The topological polar surface area (TPSA) is 42.3 Å². The van der Waals surface area contributed by atoms with E-state index in [0.29, 0.717) is 23.6 Å². The normalized spacial score (nSPS) is 14.6. The molecule has 3 nitrogen and oxygen atoms in total. The number of carbonyl (C=O) groups is 1. The minimum absolute atomic E-state index is 0.105. The monoisotopic (exact) mass is 296 g/mol. The van der Waals surface area contributed by atoms with Gasteiger partial charge in [-0.1, -0.05) is 48.0 Å². The molecular formula is C17H13ClN2O. The minimum Gasteiger partial charge on any atom is -0.294 e. The third kappa shape index (κ3) is 3.09. The molecule has 0 saturated heterocycles. The smallest absolute Gasteiger partial charge is 0.170 e. The van der Waals surface area contributed by atoms with E-state index in [1.807, 2.05) is 36.4 Å². The summed E-state index contributed by atoms with van der Waals surface area (Å²) in [5.74, 6) is 0.105. The van der Waals surface area contributed by atoms with Gasteiger partial charge < -0.3 is 0 Å². The van der Waals surface area contributed by atoms with Crippen LogP contribution in [0.5, 0.6) is 0 Å². The first-order valence-electron chi connectivity index (χ1n) is 6.69. The average molecular weight is 297 g/mol. The Hall–Kier alpha value is -2.26. The average Bonchev–Trinajstić information content (AvgIpc) is 2.51. The first-order chi connectivity index (χ1) is 10.2. The molecule has 104 valence electrons. The number of pyridine rings is 1. The van der Waals surface area contributed by atoms with Crippen LogP contribution in [0.3, 0.4) is 0 Å². The van der Waals surface area contributed by atoms with Gasteiger partial charge in [-0.05, 0) is 17.2 Å². The SMILES string of the molecule is O=C1CC=NC(Cc2ccc(Cl)nc2)=C1c1ccccc1. The number of aliphatic imine (C=N–C) groups is 1. The lowest BCUT2D eigenvalue weighted by molar-refractivity contribution is -0.112. The Bertz CT molecular complexity index is 718. The summed E-state index contributed by atoms with van der Waals surface area (Å²) in [4.78, 5) is 20.8. The highest BCUT2D eigenvalue weighted by molar-refractivity contribution is 6.29. The van der Waals surface area contributed by atoms with Crippen LogP contribution in [0, 0.1) is 0 Å². The van der Waals surface area contributed by atoms with Crippen molar-refractivity contribution in [3.63, 3.8) is 0 Å². The number of allylic oxidation sites excluding steroid dienone is 2. The Morgan fingerprint density at radius 1 is 1.10 bits per heavy atom. The van der Waals surface area contributed by atoms with Crippen molar-refractivity contribution in [3.05, 3.63) is 70.6 Å². The molecule has 1 aliphatic rings. The van der Waals surface area contributed by atoms with E-state index >= 15 is 0 Å². The number of Topliss-reactive ketones (excluding diaryl/α,β-unsaturated/α-hetero) is 1. The van der Waals surface area contributed by atoms with E-state index in [1.165, 1.54) is 0 Å². The van der Waals surface area contributed by atoms with Crippen molar-refractivity contribution in [2.75, 3.05) is 0 Å². The van der Waals surface area contributed by atoms with Crippen LogP contribution in [0.4, 0.5) is 0 Å². The van der Waals surface area contributed by atoms with Gasteiger partial charge in [-0.2, -0.15) is 0 Å². The van der Waals surface area contributed by atoms with E-state index in [0.717, 1.165) is 16.8 Å². The summed E-state index contributed by atoms with van der Waals surface area (Å²) >= 11 is 5.80. The Balaban J connectivity index is 2.01. The molecule has 0 saturated carbocycles. The quantitative estimate of drug-likeness (QED) is 0.810. The number of rotatable bonds is 3. The molecule has 2 aromatic rings. The van der Waals surface area contributed by atoms with Crippen LogP contribution in [-0.2, 0) is 11.2 Å². The molecule has 1 aromatic carbocycles. The van der Waals surface area contributed by atoms with Crippen LogP contribution in [0.1, 0.15) is 17.5 Å². The lowest BCUT2D eigenvalue weighted by Gasteiger charge is -2.14. The lowest BCUT2D eigenvalue weighted by Crippen LogP contribution is -2.11. The van der Waals surface area contributed by atoms with Crippen LogP contribution >= 0.6 is 11.6 Å². The summed E-state index contributed by atoms with van der Waals surface area (Å²) in [6.07, 6.45) is 4.31. The number of aromatic nitrogens is 1. The van der Waals surface area contributed by atoms with Crippen LogP contribution in [-0.4, -0.2) is 17.0 Å². The van der Waals surface area contributed by atoms with Gasteiger partial charge in [-0.25, -0.2) is 4.98 Å². The number of hydrogen-bond donors (Lipinski definition) is 0. The van der Waals surface area contributed by atoms with Crippen molar-refractivity contribution >= 4 is 29.2 Å². The number of carbonyl (C=O) groups excluding carboxylic acids is 1. The first-order valence-corrected chi connectivity index (χ1v) is 7.06. The van der Waals surface area contributed by atoms with Gasteiger partial charge in [0.2, 0.25) is 0 Å². The summed E-state index contributed by atoms with van der Waals surface area (Å²) in [6, 6.07) is 13.3. The van der Waals surface area contributed by atoms with Crippen LogP contribution in [0.15, 0.2) is 59.4 Å². The third-order valence-electron chi connectivity index (χ3n) is 3.31. The van der Waals surface area contributed by atoms with E-state index < -0.39 is 0 Å². The fraction of sp³-hybridized carbons (Fsp3) is 0.118. The second-order valence-corrected chi connectivity index (χ2v) is 5.18. The molecule has 1 aliphatic heterocycles. The number of hydrogen-bond acceptors (Lipinski definition) is 3. The predicted molar refractivity (Wildman–Crippen MR) is 84.4 cm³/mol. The molecule has 0 amide bonds. The van der Waals surface area contributed by atoms with Crippen LogP contribution in [0.2, 0.25) is 5.15 Å². The van der Waals surface area contributed by atoms with Crippen molar-refractivity contribution in [2.24, 2.45) is 4.99 Å². The van der Waals surface area contributed by atoms with Gasteiger partial charge >= 0.3 is 0 Å². The number of nitrogens with zero attached hydrogens (tertiary/aromatic N) is 2. The molecule has 0 aliphatic carbocycles. The van der Waals surface area contributed by atoms with E-state index in [1.54, 1.807) is 18.5 Å². The van der Waals surface area contributed by atoms with E-state index in [4.69, 9.17) is 11.6 Å². The maximum atomic E-state index is 12.3. The van der Waals surface area contributed by atoms with Crippen LogP contribution < -0.4 is 0 Å². The zero-order valence-corrected chi connectivity index (χ0v) is 12.0. The molecule has 21 heavy (non-hydrogen) atoms. The third-order valence-corrected chi connectivity index (χ3v) is 3.54. The lowest BCUT2D eigenvalue weighted by atomic mass is 9.94. The second kappa shape index (κ2) is 6.02. The van der Waals surface area contributed by atoms with Gasteiger partial charge in [0.25, 0.3) is 0 Å². The summed E-state index contributed by atoms with van der Waals surface area (Å²) < 4.78 is 0. The van der Waals surface area contributed by atoms with Gasteiger partial charge in [0.1, 0.15) is 5.15 Å². The first kappa shape index (κ1) is 13.7. The fourth-order valence-electron chi connectivity index (χ4n) is 2.34. The molecule has 3 rings (SSSR count). The molecule has 1 aromatic heterocycles. The molecule has 0 radical (unpaired) electrons. The highest BCUT2D eigenvalue weighted by Crippen LogP contribution is 2.27. The molecule has 0 spiro atoms. The van der Waals surface area contributed by atoms with Crippen molar-refractivity contribution in [1.29, 1.82) is 0 Å². The minimum atomic E-state index is 0.105. The van der Waals surface area contributed by atoms with Gasteiger partial charge in [0.15, 0.2) is 5.78 Å². The van der Waals surface area contributed by atoms with Crippen molar-refractivity contribution in [2.45, 2.75) is 12.8 Å². The van der Waals surface area contributed by atoms with Gasteiger partial charge in [-0.3, -0.25) is 9.79 Å². The summed E-state index contributed by atoms with van der Waals surface area (Å²) in [6.45, 7) is 0. The zero-order valence-electron chi connectivity index (χ0n) is 11.3. The molecular weight excluding hydrogens is 284 g/mol. The molecule has 0 bridgehead atoms.